The molecule has 0 nitrogen and oxygen atoms in total. The Kier molecular flexibility index (Phi) is 4.84. The second-order valence-corrected chi connectivity index (χ2v) is 9.89. The Morgan fingerprint density at radius 3 is 1.94 bits per heavy atom. The zero-order valence-corrected chi connectivity index (χ0v) is 20.4. The standard InChI is InChI=1S/C35H23Cl/c36-28-21-22-32-31-14-6-7-16-33(31)35(34(32)23-28,26-11-2-1-3-12-26)27-19-17-25(18-20-27)30-15-8-10-24-9-4-5-13-29(24)30/h1-23H. The molecule has 0 saturated carbocycles. The summed E-state index contributed by atoms with van der Waals surface area (Å²) >= 11 is 6.63. The van der Waals surface area contributed by atoms with Crippen LogP contribution in [0.5, 0.6) is 0 Å². The molecule has 0 N–H and O–H groups in total. The summed E-state index contributed by atoms with van der Waals surface area (Å²) in [7, 11) is 0. The van der Waals surface area contributed by atoms with Gasteiger partial charge in [-0.1, -0.05) is 139 Å². The predicted molar refractivity (Wildman–Crippen MR) is 152 cm³/mol. The van der Waals surface area contributed by atoms with E-state index in [9.17, 15) is 0 Å². The summed E-state index contributed by atoms with van der Waals surface area (Å²) in [6, 6.07) is 50.2. The Morgan fingerprint density at radius 1 is 0.444 bits per heavy atom. The van der Waals surface area contributed by atoms with Crippen LogP contribution >= 0.6 is 11.6 Å². The van der Waals surface area contributed by atoms with E-state index in [-0.39, 0.29) is 0 Å². The fourth-order valence-electron chi connectivity index (χ4n) is 6.11. The highest BCUT2D eigenvalue weighted by atomic mass is 35.5. The van der Waals surface area contributed by atoms with Crippen molar-refractivity contribution in [3.8, 4) is 22.3 Å². The van der Waals surface area contributed by atoms with Gasteiger partial charge in [0.05, 0.1) is 5.41 Å². The molecule has 6 aromatic carbocycles. The van der Waals surface area contributed by atoms with E-state index in [0.717, 1.165) is 5.02 Å². The number of hydrogen-bond donors (Lipinski definition) is 0. The monoisotopic (exact) mass is 478 g/mol. The summed E-state index contributed by atoms with van der Waals surface area (Å²) in [5.41, 5.74) is 9.58. The highest BCUT2D eigenvalue weighted by Gasteiger charge is 2.46. The van der Waals surface area contributed by atoms with Gasteiger partial charge in [0, 0.05) is 5.02 Å². The number of halogens is 1. The molecular weight excluding hydrogens is 456 g/mol. The van der Waals surface area contributed by atoms with E-state index in [2.05, 4.69) is 133 Å². The lowest BCUT2D eigenvalue weighted by Crippen LogP contribution is -2.28. The Labute approximate surface area is 216 Å². The van der Waals surface area contributed by atoms with Crippen LogP contribution in [-0.4, -0.2) is 0 Å². The van der Waals surface area contributed by atoms with Gasteiger partial charge in [-0.05, 0) is 67.4 Å². The topological polar surface area (TPSA) is 0 Å². The maximum absolute atomic E-state index is 6.63. The quantitative estimate of drug-likeness (QED) is 0.237. The summed E-state index contributed by atoms with van der Waals surface area (Å²) in [5, 5.41) is 3.29. The molecule has 6 aromatic rings. The number of rotatable bonds is 3. The van der Waals surface area contributed by atoms with Gasteiger partial charge < -0.3 is 0 Å². The van der Waals surface area contributed by atoms with Crippen LogP contribution in [0.2, 0.25) is 5.02 Å². The van der Waals surface area contributed by atoms with E-state index in [0.29, 0.717) is 0 Å². The largest absolute Gasteiger partial charge is 0.0843 e. The molecule has 0 aliphatic heterocycles. The molecule has 0 radical (unpaired) electrons. The normalized spacial score (nSPS) is 16.0. The summed E-state index contributed by atoms with van der Waals surface area (Å²) in [6.45, 7) is 0. The maximum atomic E-state index is 6.63. The van der Waals surface area contributed by atoms with Gasteiger partial charge in [0.15, 0.2) is 0 Å². The van der Waals surface area contributed by atoms with Crippen molar-refractivity contribution in [1.82, 2.24) is 0 Å². The van der Waals surface area contributed by atoms with Gasteiger partial charge in [-0.2, -0.15) is 0 Å². The number of benzene rings is 6. The highest BCUT2D eigenvalue weighted by Crippen LogP contribution is 2.56. The van der Waals surface area contributed by atoms with Crippen LogP contribution in [-0.2, 0) is 5.41 Å². The third-order valence-electron chi connectivity index (χ3n) is 7.63. The lowest BCUT2D eigenvalue weighted by molar-refractivity contribution is 0.768. The van der Waals surface area contributed by atoms with Gasteiger partial charge in [-0.25, -0.2) is 0 Å². The van der Waals surface area contributed by atoms with E-state index in [4.69, 9.17) is 11.6 Å². The van der Waals surface area contributed by atoms with Crippen molar-refractivity contribution in [2.75, 3.05) is 0 Å². The predicted octanol–water partition coefficient (Wildman–Crippen LogP) is 9.52. The Balaban J connectivity index is 1.50. The van der Waals surface area contributed by atoms with Crippen LogP contribution in [0.25, 0.3) is 33.0 Å². The van der Waals surface area contributed by atoms with E-state index in [1.54, 1.807) is 0 Å². The van der Waals surface area contributed by atoms with Crippen LogP contribution in [0, 0.1) is 0 Å². The lowest BCUT2D eigenvalue weighted by atomic mass is 9.67. The van der Waals surface area contributed by atoms with E-state index >= 15 is 0 Å². The second-order valence-electron chi connectivity index (χ2n) is 9.46. The molecule has 36 heavy (non-hydrogen) atoms. The van der Waals surface area contributed by atoms with Gasteiger partial charge in [0.2, 0.25) is 0 Å². The van der Waals surface area contributed by atoms with Gasteiger partial charge in [-0.15, -0.1) is 0 Å². The molecule has 1 unspecified atom stereocenters. The van der Waals surface area contributed by atoms with Crippen LogP contribution in [0.15, 0.2) is 140 Å². The van der Waals surface area contributed by atoms with E-state index < -0.39 is 5.41 Å². The van der Waals surface area contributed by atoms with Crippen molar-refractivity contribution in [2.24, 2.45) is 0 Å². The first-order chi connectivity index (χ1) is 17.8. The smallest absolute Gasteiger partial charge is 0.0714 e. The maximum Gasteiger partial charge on any atom is 0.0714 e. The Morgan fingerprint density at radius 2 is 1.08 bits per heavy atom. The summed E-state index contributed by atoms with van der Waals surface area (Å²) in [4.78, 5) is 0. The zero-order chi connectivity index (χ0) is 24.1. The molecule has 0 fully saturated rings. The lowest BCUT2D eigenvalue weighted by Gasteiger charge is -2.34. The fraction of sp³-hybridized carbons (Fsp3) is 0.0286. The first-order valence-electron chi connectivity index (χ1n) is 12.3. The molecule has 0 saturated heterocycles. The van der Waals surface area contributed by atoms with Crippen molar-refractivity contribution in [3.63, 3.8) is 0 Å². The van der Waals surface area contributed by atoms with Crippen molar-refractivity contribution < 1.29 is 0 Å². The second kappa shape index (κ2) is 8.22. The Hall–Kier alpha value is -4.13. The molecule has 0 amide bonds. The third-order valence-corrected chi connectivity index (χ3v) is 7.87. The SMILES string of the molecule is Clc1ccc2c(c1)C(c1ccccc1)(c1ccc(-c3cccc4ccccc34)cc1)c1ccccc1-2. The minimum Gasteiger partial charge on any atom is -0.0843 e. The molecule has 0 heterocycles. The summed E-state index contributed by atoms with van der Waals surface area (Å²) < 4.78 is 0. The first kappa shape index (κ1) is 21.2. The molecule has 0 bridgehead atoms. The van der Waals surface area contributed by atoms with E-state index in [1.807, 2.05) is 6.07 Å². The molecule has 1 heteroatoms. The van der Waals surface area contributed by atoms with Crippen molar-refractivity contribution in [1.29, 1.82) is 0 Å². The molecule has 7 rings (SSSR count). The van der Waals surface area contributed by atoms with Gasteiger partial charge in [0.25, 0.3) is 0 Å². The van der Waals surface area contributed by atoms with Crippen LogP contribution in [0.4, 0.5) is 0 Å². The van der Waals surface area contributed by atoms with Crippen molar-refractivity contribution >= 4 is 22.4 Å². The van der Waals surface area contributed by atoms with E-state index in [1.165, 1.54) is 55.3 Å². The minimum absolute atomic E-state index is 0.435. The van der Waals surface area contributed by atoms with Gasteiger partial charge in [0.1, 0.15) is 0 Å². The fourth-order valence-corrected chi connectivity index (χ4v) is 6.28. The van der Waals surface area contributed by atoms with Gasteiger partial charge in [-0.3, -0.25) is 0 Å². The third kappa shape index (κ3) is 3.02. The van der Waals surface area contributed by atoms with Crippen LogP contribution < -0.4 is 0 Å². The molecular formula is C35H23Cl. The molecule has 170 valence electrons. The summed E-state index contributed by atoms with van der Waals surface area (Å²) in [5.74, 6) is 0. The van der Waals surface area contributed by atoms with Crippen molar-refractivity contribution in [2.45, 2.75) is 5.41 Å². The number of hydrogen-bond acceptors (Lipinski definition) is 0. The number of fused-ring (bicyclic) bond motifs is 4. The molecule has 1 aliphatic carbocycles. The first-order valence-corrected chi connectivity index (χ1v) is 12.7. The van der Waals surface area contributed by atoms with Crippen LogP contribution in [0.1, 0.15) is 22.3 Å². The minimum atomic E-state index is -0.435. The summed E-state index contributed by atoms with van der Waals surface area (Å²) in [6.07, 6.45) is 0. The average Bonchev–Trinajstić information content (AvgIpc) is 3.23. The molecule has 1 atom stereocenters. The average molecular weight is 479 g/mol. The molecule has 0 aromatic heterocycles. The van der Waals surface area contributed by atoms with Crippen LogP contribution in [0.3, 0.4) is 0 Å². The Bertz CT molecular complexity index is 1730. The molecule has 1 aliphatic rings. The zero-order valence-electron chi connectivity index (χ0n) is 19.7. The van der Waals surface area contributed by atoms with Gasteiger partial charge >= 0.3 is 0 Å². The molecule has 0 spiro atoms. The highest BCUT2D eigenvalue weighted by molar-refractivity contribution is 6.30. The van der Waals surface area contributed by atoms with Crippen molar-refractivity contribution in [3.05, 3.63) is 167 Å².